The van der Waals surface area contributed by atoms with Crippen LogP contribution in [-0.4, -0.2) is 33.9 Å². The minimum atomic E-state index is -1.53. The Hall–Kier alpha value is -2.99. The van der Waals surface area contributed by atoms with E-state index in [1.807, 2.05) is 12.3 Å². The van der Waals surface area contributed by atoms with Crippen LogP contribution in [0.25, 0.3) is 33.4 Å². The van der Waals surface area contributed by atoms with Crippen LogP contribution in [0.2, 0.25) is 19.6 Å². The van der Waals surface area contributed by atoms with E-state index in [1.54, 1.807) is 6.33 Å². The van der Waals surface area contributed by atoms with Crippen LogP contribution in [0.1, 0.15) is 25.0 Å². The molecule has 0 aliphatic heterocycles. The average Bonchev–Trinajstić information content (AvgIpc) is 2.81. The number of fused-ring (bicyclic) bond motifs is 4. The molecule has 1 aliphatic carbocycles. The van der Waals surface area contributed by atoms with Gasteiger partial charge < -0.3 is 5.11 Å². The molecule has 0 atom stereocenters. The summed E-state index contributed by atoms with van der Waals surface area (Å²) < 4.78 is 0. The molecule has 1 N–H and O–H groups in total. The van der Waals surface area contributed by atoms with Crippen LogP contribution < -0.4 is 5.19 Å². The Labute approximate surface area is 227 Å². The van der Waals surface area contributed by atoms with Gasteiger partial charge in [-0.05, 0) is 43.9 Å². The van der Waals surface area contributed by atoms with E-state index in [0.29, 0.717) is 0 Å². The second-order valence-corrected chi connectivity index (χ2v) is 14.9. The Balaban J connectivity index is 0.000000400. The van der Waals surface area contributed by atoms with E-state index >= 15 is 0 Å². The molecule has 5 rings (SSSR count). The number of aryl methyl sites for hydroxylation is 1. The van der Waals surface area contributed by atoms with Gasteiger partial charge in [0.2, 0.25) is 0 Å². The summed E-state index contributed by atoms with van der Waals surface area (Å²) in [6.45, 7) is 10.0. The van der Waals surface area contributed by atoms with Gasteiger partial charge in [-0.1, -0.05) is 54.9 Å². The fraction of sp³-hybridized carbons (Fsp3) is 0.241. The summed E-state index contributed by atoms with van der Waals surface area (Å²) in [6.07, 6.45) is 6.61. The normalized spacial score (nSPS) is 12.5. The van der Waals surface area contributed by atoms with Crippen molar-refractivity contribution in [2.45, 2.75) is 46.3 Å². The molecule has 0 saturated carbocycles. The van der Waals surface area contributed by atoms with Gasteiger partial charge in [-0.2, -0.15) is 0 Å². The van der Waals surface area contributed by atoms with Gasteiger partial charge in [0.15, 0.2) is 5.78 Å². The number of ketones is 1. The van der Waals surface area contributed by atoms with Crippen LogP contribution in [0.4, 0.5) is 0 Å². The first-order valence-electron chi connectivity index (χ1n) is 11.8. The van der Waals surface area contributed by atoms with Crippen molar-refractivity contribution in [3.63, 3.8) is 0 Å². The van der Waals surface area contributed by atoms with Crippen molar-refractivity contribution in [3.05, 3.63) is 84.0 Å². The molecular formula is C29H30IrN3O2Si-. The number of hydrogen-bond donors (Lipinski definition) is 1. The summed E-state index contributed by atoms with van der Waals surface area (Å²) in [7, 11) is -1.53. The Morgan fingerprint density at radius 3 is 2.36 bits per heavy atom. The van der Waals surface area contributed by atoms with E-state index in [1.165, 1.54) is 47.0 Å². The molecule has 0 amide bonds. The monoisotopic (exact) mass is 673 g/mol. The standard InChI is InChI=1S/C24H22N3Si.C5H8O2.Ir/c1-28(2,3)21-14-18(13-17-7-4-5-9-19(17)21)22-20-11-10-16-8-6-12-25-23(16)24(20)27-15-26-22;1-4(6)3-5(2)7;/h4-9,12,14-15H,10-11H2,1-3H3;3,6H,1-2H3;/q-1;;/b;4-3-;. The summed E-state index contributed by atoms with van der Waals surface area (Å²) in [5, 5.41) is 12.3. The van der Waals surface area contributed by atoms with E-state index < -0.39 is 8.07 Å². The molecule has 2 heterocycles. The van der Waals surface area contributed by atoms with Crippen LogP contribution >= 0.6 is 0 Å². The second kappa shape index (κ2) is 11.4. The van der Waals surface area contributed by atoms with Gasteiger partial charge in [-0.3, -0.25) is 14.8 Å². The number of carbonyl (C=O) groups excluding carboxylic acids is 1. The molecule has 1 aliphatic rings. The molecule has 1 radical (unpaired) electrons. The van der Waals surface area contributed by atoms with Crippen molar-refractivity contribution < 1.29 is 30.0 Å². The molecule has 7 heteroatoms. The van der Waals surface area contributed by atoms with Crippen LogP contribution in [-0.2, 0) is 37.7 Å². The number of hydrogen-bond acceptors (Lipinski definition) is 5. The van der Waals surface area contributed by atoms with Crippen molar-refractivity contribution in [1.82, 2.24) is 15.0 Å². The van der Waals surface area contributed by atoms with Crippen molar-refractivity contribution in [2.24, 2.45) is 0 Å². The van der Waals surface area contributed by atoms with Crippen molar-refractivity contribution >= 4 is 29.8 Å². The molecular weight excluding hydrogens is 643 g/mol. The molecule has 0 spiro atoms. The topological polar surface area (TPSA) is 76.0 Å². The molecule has 187 valence electrons. The van der Waals surface area contributed by atoms with Crippen molar-refractivity contribution in [1.29, 1.82) is 0 Å². The summed E-state index contributed by atoms with van der Waals surface area (Å²) in [5.41, 5.74) is 6.52. The maximum Gasteiger partial charge on any atom is 0.155 e. The molecule has 0 fully saturated rings. The smallest absolute Gasteiger partial charge is 0.155 e. The van der Waals surface area contributed by atoms with Gasteiger partial charge in [0, 0.05) is 38.1 Å². The Morgan fingerprint density at radius 2 is 1.69 bits per heavy atom. The summed E-state index contributed by atoms with van der Waals surface area (Å²) >= 11 is 0. The Morgan fingerprint density at radius 1 is 0.972 bits per heavy atom. The number of allylic oxidation sites excluding steroid dienone is 2. The van der Waals surface area contributed by atoms with Crippen LogP contribution in [0.5, 0.6) is 0 Å². The molecule has 0 unspecified atom stereocenters. The largest absolute Gasteiger partial charge is 0.512 e. The van der Waals surface area contributed by atoms with Gasteiger partial charge in [0.1, 0.15) is 6.33 Å². The van der Waals surface area contributed by atoms with E-state index in [4.69, 9.17) is 10.1 Å². The second-order valence-electron chi connectivity index (χ2n) is 9.85. The number of carbonyl (C=O) groups is 1. The minimum absolute atomic E-state index is 0. The minimum Gasteiger partial charge on any atom is -0.512 e. The van der Waals surface area contributed by atoms with E-state index in [9.17, 15) is 4.79 Å². The first kappa shape index (κ1) is 27.6. The number of aliphatic hydroxyl groups is 1. The predicted molar refractivity (Wildman–Crippen MR) is 144 cm³/mol. The SMILES string of the molecule is CC(=O)/C=C(/C)O.C[Si](C)(C)c1cc(-c2ncnc3c2CCc2cccnc2-3)[c-]c2ccccc12.[Ir]. The Kier molecular flexibility index (Phi) is 8.72. The maximum atomic E-state index is 10.0. The van der Waals surface area contributed by atoms with Crippen LogP contribution in [0.3, 0.4) is 0 Å². The third kappa shape index (κ3) is 6.04. The van der Waals surface area contributed by atoms with Crippen molar-refractivity contribution in [3.8, 4) is 22.6 Å². The molecule has 0 bridgehead atoms. The number of nitrogens with zero attached hydrogens (tertiary/aromatic N) is 3. The average molecular weight is 673 g/mol. The van der Waals surface area contributed by atoms with Crippen LogP contribution in [0, 0.1) is 6.07 Å². The van der Waals surface area contributed by atoms with Gasteiger partial charge in [0.25, 0.3) is 0 Å². The first-order valence-corrected chi connectivity index (χ1v) is 15.3. The molecule has 2 aromatic heterocycles. The Bertz CT molecular complexity index is 1440. The summed E-state index contributed by atoms with van der Waals surface area (Å²) in [4.78, 5) is 23.9. The zero-order valence-corrected chi connectivity index (χ0v) is 24.6. The van der Waals surface area contributed by atoms with E-state index in [2.05, 4.69) is 72.1 Å². The number of pyridine rings is 1. The molecule has 2 aromatic carbocycles. The van der Waals surface area contributed by atoms with Gasteiger partial charge in [-0.25, -0.2) is 4.98 Å². The van der Waals surface area contributed by atoms with Crippen molar-refractivity contribution in [2.75, 3.05) is 0 Å². The maximum absolute atomic E-state index is 10.0. The first-order chi connectivity index (χ1) is 16.6. The summed E-state index contributed by atoms with van der Waals surface area (Å²) in [6, 6.07) is 18.7. The number of aromatic nitrogens is 3. The van der Waals surface area contributed by atoms with Gasteiger partial charge in [-0.15, -0.1) is 28.8 Å². The van der Waals surface area contributed by atoms with E-state index in [0.717, 1.165) is 35.5 Å². The zero-order chi connectivity index (χ0) is 25.2. The molecule has 0 saturated heterocycles. The molecule has 5 nitrogen and oxygen atoms in total. The van der Waals surface area contributed by atoms with Gasteiger partial charge in [0.05, 0.1) is 25.2 Å². The van der Waals surface area contributed by atoms with E-state index in [-0.39, 0.29) is 31.6 Å². The number of benzene rings is 2. The quantitative estimate of drug-likeness (QED) is 0.128. The summed E-state index contributed by atoms with van der Waals surface area (Å²) in [5.74, 6) is -0.0625. The molecule has 4 aromatic rings. The fourth-order valence-corrected chi connectivity index (χ4v) is 6.07. The predicted octanol–water partition coefficient (Wildman–Crippen LogP) is 5.84. The number of aliphatic hydroxyl groups excluding tert-OH is 1. The third-order valence-electron chi connectivity index (χ3n) is 5.96. The number of rotatable bonds is 3. The zero-order valence-electron chi connectivity index (χ0n) is 21.2. The fourth-order valence-electron chi connectivity index (χ4n) is 4.47. The third-order valence-corrected chi connectivity index (χ3v) is 7.99. The molecule has 36 heavy (non-hydrogen) atoms. The van der Waals surface area contributed by atoms with Crippen LogP contribution in [0.15, 0.2) is 66.8 Å². The van der Waals surface area contributed by atoms with Gasteiger partial charge >= 0.3 is 0 Å².